The Morgan fingerprint density at radius 2 is 1.85 bits per heavy atom. The van der Waals surface area contributed by atoms with Gasteiger partial charge in [0.2, 0.25) is 0 Å². The van der Waals surface area contributed by atoms with E-state index in [0.29, 0.717) is 23.5 Å². The molecule has 0 radical (unpaired) electrons. The third kappa shape index (κ3) is 4.11. The van der Waals surface area contributed by atoms with Crippen molar-refractivity contribution in [1.82, 2.24) is 5.32 Å². The van der Waals surface area contributed by atoms with Crippen molar-refractivity contribution in [2.45, 2.75) is 51.7 Å². The van der Waals surface area contributed by atoms with E-state index in [4.69, 9.17) is 11.6 Å². The minimum Gasteiger partial charge on any atom is -0.508 e. The number of aliphatic hydroxyl groups is 1. The predicted octanol–water partition coefficient (Wildman–Crippen LogP) is 3.47. The maximum absolute atomic E-state index is 10.6. The van der Waals surface area contributed by atoms with Crippen LogP contribution in [0, 0.1) is 5.41 Å². The zero-order valence-corrected chi connectivity index (χ0v) is 13.0. The largest absolute Gasteiger partial charge is 0.508 e. The fourth-order valence-corrected chi connectivity index (χ4v) is 2.89. The van der Waals surface area contributed by atoms with Crippen LogP contribution in [0.4, 0.5) is 0 Å². The summed E-state index contributed by atoms with van der Waals surface area (Å²) in [6.45, 7) is 5.57. The van der Waals surface area contributed by atoms with Crippen LogP contribution < -0.4 is 5.32 Å². The predicted molar refractivity (Wildman–Crippen MR) is 82.0 cm³/mol. The summed E-state index contributed by atoms with van der Waals surface area (Å²) in [6, 6.07) is 5.01. The average molecular weight is 298 g/mol. The smallest absolute Gasteiger partial charge is 0.120 e. The second-order valence-electron chi connectivity index (χ2n) is 6.77. The molecule has 0 saturated heterocycles. The van der Waals surface area contributed by atoms with E-state index < -0.39 is 5.60 Å². The van der Waals surface area contributed by atoms with Crippen LogP contribution in [0.25, 0.3) is 0 Å². The molecule has 0 amide bonds. The fourth-order valence-electron chi connectivity index (χ4n) is 2.69. The van der Waals surface area contributed by atoms with Crippen molar-refractivity contribution >= 4 is 11.6 Å². The zero-order valence-electron chi connectivity index (χ0n) is 12.2. The first-order valence-corrected chi connectivity index (χ1v) is 7.58. The molecule has 1 aliphatic rings. The first kappa shape index (κ1) is 15.6. The van der Waals surface area contributed by atoms with E-state index in [1.165, 1.54) is 0 Å². The molecular formula is C16H24ClNO2. The summed E-state index contributed by atoms with van der Waals surface area (Å²) in [4.78, 5) is 0. The molecule has 1 saturated carbocycles. The lowest BCUT2D eigenvalue weighted by Gasteiger charge is -2.40. The van der Waals surface area contributed by atoms with E-state index in [2.05, 4.69) is 19.2 Å². The number of rotatable bonds is 4. The second kappa shape index (κ2) is 5.92. The molecular weight excluding hydrogens is 274 g/mol. The molecule has 1 aromatic carbocycles. The van der Waals surface area contributed by atoms with Crippen LogP contribution in [0.1, 0.15) is 45.1 Å². The van der Waals surface area contributed by atoms with Gasteiger partial charge < -0.3 is 15.5 Å². The molecule has 2 rings (SSSR count). The summed E-state index contributed by atoms with van der Waals surface area (Å²) < 4.78 is 0. The maximum atomic E-state index is 10.6. The van der Waals surface area contributed by atoms with Crippen LogP contribution in [0.2, 0.25) is 5.02 Å². The molecule has 0 aromatic heterocycles. The van der Waals surface area contributed by atoms with Crippen molar-refractivity contribution in [3.8, 4) is 5.75 Å². The van der Waals surface area contributed by atoms with Crippen LogP contribution in [-0.2, 0) is 6.54 Å². The molecule has 1 fully saturated rings. The molecule has 0 unspecified atom stereocenters. The maximum Gasteiger partial charge on any atom is 0.120 e. The Morgan fingerprint density at radius 3 is 2.50 bits per heavy atom. The van der Waals surface area contributed by atoms with E-state index in [-0.39, 0.29) is 5.75 Å². The second-order valence-corrected chi connectivity index (χ2v) is 7.20. The van der Waals surface area contributed by atoms with Gasteiger partial charge in [-0.05, 0) is 49.3 Å². The number of phenolic OH excluding ortho intramolecular Hbond substituents is 1. The van der Waals surface area contributed by atoms with Gasteiger partial charge in [0.25, 0.3) is 0 Å². The molecule has 112 valence electrons. The Balaban J connectivity index is 1.85. The van der Waals surface area contributed by atoms with Gasteiger partial charge in [0.05, 0.1) is 5.60 Å². The van der Waals surface area contributed by atoms with Gasteiger partial charge in [-0.3, -0.25) is 0 Å². The molecule has 3 nitrogen and oxygen atoms in total. The molecule has 0 aliphatic heterocycles. The summed E-state index contributed by atoms with van der Waals surface area (Å²) in [5.74, 6) is 0.235. The number of benzene rings is 1. The van der Waals surface area contributed by atoms with Crippen molar-refractivity contribution in [3.05, 3.63) is 28.8 Å². The molecule has 20 heavy (non-hydrogen) atoms. The molecule has 0 atom stereocenters. The summed E-state index contributed by atoms with van der Waals surface area (Å²) in [6.07, 6.45) is 3.75. The Morgan fingerprint density at radius 1 is 1.20 bits per heavy atom. The van der Waals surface area contributed by atoms with Crippen LogP contribution >= 0.6 is 11.6 Å². The number of hydrogen-bond donors (Lipinski definition) is 3. The van der Waals surface area contributed by atoms with Crippen LogP contribution in [-0.4, -0.2) is 22.4 Å². The fraction of sp³-hybridized carbons (Fsp3) is 0.625. The van der Waals surface area contributed by atoms with E-state index in [0.717, 1.165) is 31.2 Å². The van der Waals surface area contributed by atoms with Crippen LogP contribution in [0.5, 0.6) is 5.75 Å². The number of nitrogens with one attached hydrogen (secondary N) is 1. The lowest BCUT2D eigenvalue weighted by Crippen LogP contribution is -2.44. The highest BCUT2D eigenvalue weighted by atomic mass is 35.5. The van der Waals surface area contributed by atoms with Crippen LogP contribution in [0.15, 0.2) is 18.2 Å². The SMILES string of the molecule is CC1(C)CCC(O)(CNCc2cc(Cl)ccc2O)CC1. The Hall–Kier alpha value is -0.770. The van der Waals surface area contributed by atoms with Gasteiger partial charge in [-0.25, -0.2) is 0 Å². The summed E-state index contributed by atoms with van der Waals surface area (Å²) >= 11 is 5.91. The van der Waals surface area contributed by atoms with Gasteiger partial charge in [0.15, 0.2) is 0 Å². The third-order valence-corrected chi connectivity index (χ3v) is 4.58. The normalized spacial score (nSPS) is 20.8. The molecule has 0 spiro atoms. The van der Waals surface area contributed by atoms with E-state index in [1.807, 2.05) is 0 Å². The number of hydrogen-bond acceptors (Lipinski definition) is 3. The molecule has 3 N–H and O–H groups in total. The van der Waals surface area contributed by atoms with E-state index in [9.17, 15) is 10.2 Å². The average Bonchev–Trinajstić information content (AvgIpc) is 2.38. The lowest BCUT2D eigenvalue weighted by molar-refractivity contribution is -0.0245. The lowest BCUT2D eigenvalue weighted by atomic mass is 9.71. The van der Waals surface area contributed by atoms with Gasteiger partial charge in [-0.2, -0.15) is 0 Å². The monoisotopic (exact) mass is 297 g/mol. The standard InChI is InChI=1S/C16H24ClNO2/c1-15(2)5-7-16(20,8-6-15)11-18-10-12-9-13(17)3-4-14(12)19/h3-4,9,18-20H,5-8,10-11H2,1-2H3. The summed E-state index contributed by atoms with van der Waals surface area (Å²) in [5, 5.41) is 24.1. The Bertz CT molecular complexity index is 464. The minimum absolute atomic E-state index is 0.235. The van der Waals surface area contributed by atoms with Crippen molar-refractivity contribution in [2.75, 3.05) is 6.54 Å². The number of phenols is 1. The highest BCUT2D eigenvalue weighted by Gasteiger charge is 2.36. The summed E-state index contributed by atoms with van der Waals surface area (Å²) in [5.41, 5.74) is 0.485. The third-order valence-electron chi connectivity index (χ3n) is 4.35. The van der Waals surface area contributed by atoms with Crippen molar-refractivity contribution in [3.63, 3.8) is 0 Å². The van der Waals surface area contributed by atoms with Gasteiger partial charge in [0, 0.05) is 23.7 Å². The Labute approximate surface area is 126 Å². The Kier molecular flexibility index (Phi) is 4.62. The molecule has 1 aromatic rings. The van der Waals surface area contributed by atoms with E-state index in [1.54, 1.807) is 18.2 Å². The number of halogens is 1. The van der Waals surface area contributed by atoms with E-state index >= 15 is 0 Å². The van der Waals surface area contributed by atoms with Gasteiger partial charge >= 0.3 is 0 Å². The van der Waals surface area contributed by atoms with Gasteiger partial charge in [-0.1, -0.05) is 25.4 Å². The highest BCUT2D eigenvalue weighted by Crippen LogP contribution is 2.39. The van der Waals surface area contributed by atoms with Crippen molar-refractivity contribution in [2.24, 2.45) is 5.41 Å². The van der Waals surface area contributed by atoms with Crippen LogP contribution in [0.3, 0.4) is 0 Å². The quantitative estimate of drug-likeness (QED) is 0.797. The highest BCUT2D eigenvalue weighted by molar-refractivity contribution is 6.30. The van der Waals surface area contributed by atoms with Crippen molar-refractivity contribution < 1.29 is 10.2 Å². The molecule has 1 aliphatic carbocycles. The molecule has 0 heterocycles. The first-order valence-electron chi connectivity index (χ1n) is 7.20. The molecule has 0 bridgehead atoms. The summed E-state index contributed by atoms with van der Waals surface area (Å²) in [7, 11) is 0. The molecule has 4 heteroatoms. The topological polar surface area (TPSA) is 52.5 Å². The van der Waals surface area contributed by atoms with Gasteiger partial charge in [0.1, 0.15) is 5.75 Å². The van der Waals surface area contributed by atoms with Crippen molar-refractivity contribution in [1.29, 1.82) is 0 Å². The zero-order chi connectivity index (χ0) is 14.8. The first-order chi connectivity index (χ1) is 9.30. The minimum atomic E-state index is -0.621. The number of aromatic hydroxyl groups is 1. The van der Waals surface area contributed by atoms with Gasteiger partial charge in [-0.15, -0.1) is 0 Å².